The van der Waals surface area contributed by atoms with Crippen molar-refractivity contribution in [1.29, 1.82) is 0 Å². The number of carbonyl (C=O) groups excluding carboxylic acids is 2. The summed E-state index contributed by atoms with van der Waals surface area (Å²) in [6, 6.07) is 10.2. The SMILES string of the molecule is CCN1C(=O)C(C)(C)c2cc3nc(-c4n[nH]c5ccc(C(=O)N6CCN(C(C)C)CC6)cc45)[nH]c3cc21. The van der Waals surface area contributed by atoms with E-state index in [-0.39, 0.29) is 11.8 Å². The number of imidazole rings is 1. The molecule has 0 bridgehead atoms. The molecule has 2 aliphatic heterocycles. The van der Waals surface area contributed by atoms with Gasteiger partial charge in [0.05, 0.1) is 27.7 Å². The Morgan fingerprint density at radius 1 is 1.08 bits per heavy atom. The van der Waals surface area contributed by atoms with E-state index in [1.807, 2.05) is 60.9 Å². The van der Waals surface area contributed by atoms with Crippen LogP contribution in [-0.4, -0.2) is 80.5 Å². The Bertz CT molecular complexity index is 1540. The average Bonchev–Trinajstić information content (AvgIpc) is 3.55. The van der Waals surface area contributed by atoms with Gasteiger partial charge in [-0.3, -0.25) is 19.6 Å². The van der Waals surface area contributed by atoms with E-state index in [0.29, 0.717) is 29.7 Å². The van der Waals surface area contributed by atoms with Crippen LogP contribution in [-0.2, 0) is 10.2 Å². The zero-order valence-electron chi connectivity index (χ0n) is 22.1. The molecule has 1 saturated heterocycles. The molecule has 9 nitrogen and oxygen atoms in total. The van der Waals surface area contributed by atoms with Gasteiger partial charge in [0, 0.05) is 49.7 Å². The van der Waals surface area contributed by atoms with Crippen molar-refractivity contribution in [3.8, 4) is 11.5 Å². The van der Waals surface area contributed by atoms with E-state index >= 15 is 0 Å². The minimum absolute atomic E-state index is 0.0463. The third kappa shape index (κ3) is 3.63. The molecule has 2 N–H and O–H groups in total. The molecule has 2 amide bonds. The van der Waals surface area contributed by atoms with Crippen LogP contribution in [0.25, 0.3) is 33.5 Å². The molecule has 0 unspecified atom stereocenters. The van der Waals surface area contributed by atoms with E-state index < -0.39 is 5.41 Å². The van der Waals surface area contributed by atoms with Gasteiger partial charge in [0.1, 0.15) is 5.69 Å². The van der Waals surface area contributed by atoms with Crippen LogP contribution in [0.5, 0.6) is 0 Å². The molecular weight excluding hydrogens is 466 g/mol. The van der Waals surface area contributed by atoms with Gasteiger partial charge < -0.3 is 14.8 Å². The quantitative estimate of drug-likeness (QED) is 0.443. The van der Waals surface area contributed by atoms with Gasteiger partial charge in [-0.1, -0.05) is 0 Å². The van der Waals surface area contributed by atoms with E-state index in [9.17, 15) is 9.59 Å². The minimum Gasteiger partial charge on any atom is -0.337 e. The summed E-state index contributed by atoms with van der Waals surface area (Å²) in [7, 11) is 0. The Labute approximate surface area is 215 Å². The Hall–Kier alpha value is -3.72. The number of anilines is 1. The molecule has 6 rings (SSSR count). The number of aromatic nitrogens is 4. The van der Waals surface area contributed by atoms with Crippen LogP contribution in [0.4, 0.5) is 5.69 Å². The van der Waals surface area contributed by atoms with Crippen molar-refractivity contribution in [3.05, 3.63) is 41.5 Å². The maximum atomic E-state index is 13.3. The fourth-order valence-corrected chi connectivity index (χ4v) is 5.71. The summed E-state index contributed by atoms with van der Waals surface area (Å²) in [5.41, 5.74) is 5.15. The summed E-state index contributed by atoms with van der Waals surface area (Å²) in [4.78, 5) is 40.6. The first kappa shape index (κ1) is 23.7. The van der Waals surface area contributed by atoms with Crippen LogP contribution in [0.1, 0.15) is 50.5 Å². The summed E-state index contributed by atoms with van der Waals surface area (Å²) in [5, 5.41) is 8.47. The lowest BCUT2D eigenvalue weighted by atomic mass is 9.86. The lowest BCUT2D eigenvalue weighted by molar-refractivity contribution is -0.122. The molecule has 0 radical (unpaired) electrons. The van der Waals surface area contributed by atoms with Crippen LogP contribution in [0, 0.1) is 0 Å². The maximum absolute atomic E-state index is 13.3. The van der Waals surface area contributed by atoms with Gasteiger partial charge in [-0.05, 0) is 70.5 Å². The van der Waals surface area contributed by atoms with Crippen LogP contribution < -0.4 is 4.90 Å². The fraction of sp³-hybridized carbons (Fsp3) is 0.429. The summed E-state index contributed by atoms with van der Waals surface area (Å²) in [6.07, 6.45) is 0. The second-order valence-corrected chi connectivity index (χ2v) is 10.9. The molecule has 1 fully saturated rings. The molecule has 192 valence electrons. The van der Waals surface area contributed by atoms with Crippen LogP contribution in [0.15, 0.2) is 30.3 Å². The normalized spacial score (nSPS) is 17.9. The molecule has 4 aromatic rings. The summed E-state index contributed by atoms with van der Waals surface area (Å²) in [5.74, 6) is 0.788. The Morgan fingerprint density at radius 2 is 1.84 bits per heavy atom. The number of H-pyrrole nitrogens is 2. The first-order valence-electron chi connectivity index (χ1n) is 13.1. The highest BCUT2D eigenvalue weighted by Gasteiger charge is 2.43. The van der Waals surface area contributed by atoms with Crippen LogP contribution >= 0.6 is 0 Å². The first-order chi connectivity index (χ1) is 17.7. The number of fused-ring (bicyclic) bond motifs is 3. The Balaban J connectivity index is 1.35. The first-order valence-corrected chi connectivity index (χ1v) is 13.1. The molecule has 4 heterocycles. The fourth-order valence-electron chi connectivity index (χ4n) is 5.71. The highest BCUT2D eigenvalue weighted by Crippen LogP contribution is 2.43. The predicted octanol–water partition coefficient (Wildman–Crippen LogP) is 3.92. The number of benzene rings is 2. The van der Waals surface area contributed by atoms with Crippen molar-refractivity contribution in [2.24, 2.45) is 0 Å². The van der Waals surface area contributed by atoms with Crippen LogP contribution in [0.2, 0.25) is 0 Å². The van der Waals surface area contributed by atoms with Gasteiger partial charge in [-0.25, -0.2) is 4.98 Å². The highest BCUT2D eigenvalue weighted by molar-refractivity contribution is 6.09. The monoisotopic (exact) mass is 499 g/mol. The molecule has 9 heteroatoms. The van der Waals surface area contributed by atoms with Gasteiger partial charge in [0.15, 0.2) is 5.82 Å². The third-order valence-electron chi connectivity index (χ3n) is 8.03. The zero-order chi connectivity index (χ0) is 26.1. The van der Waals surface area contributed by atoms with Crippen molar-refractivity contribution in [3.63, 3.8) is 0 Å². The number of hydrogen-bond acceptors (Lipinski definition) is 5. The van der Waals surface area contributed by atoms with Gasteiger partial charge in [-0.15, -0.1) is 0 Å². The smallest absolute Gasteiger partial charge is 0.253 e. The molecule has 0 atom stereocenters. The highest BCUT2D eigenvalue weighted by atomic mass is 16.2. The maximum Gasteiger partial charge on any atom is 0.253 e. The number of carbonyl (C=O) groups is 2. The number of rotatable bonds is 4. The average molecular weight is 500 g/mol. The van der Waals surface area contributed by atoms with Crippen molar-refractivity contribution >= 4 is 39.4 Å². The molecular formula is C28H33N7O2. The van der Waals surface area contributed by atoms with Crippen molar-refractivity contribution in [2.75, 3.05) is 37.6 Å². The number of nitrogens with one attached hydrogen (secondary N) is 2. The largest absolute Gasteiger partial charge is 0.337 e. The number of aromatic amines is 2. The van der Waals surface area contributed by atoms with E-state index in [0.717, 1.165) is 59.4 Å². The van der Waals surface area contributed by atoms with Crippen LogP contribution in [0.3, 0.4) is 0 Å². The van der Waals surface area contributed by atoms with Gasteiger partial charge in [0.2, 0.25) is 5.91 Å². The van der Waals surface area contributed by atoms with E-state index in [1.54, 1.807) is 0 Å². The summed E-state index contributed by atoms with van der Waals surface area (Å²) in [6.45, 7) is 14.2. The molecule has 37 heavy (non-hydrogen) atoms. The summed E-state index contributed by atoms with van der Waals surface area (Å²) < 4.78 is 0. The number of piperazine rings is 1. The molecule has 0 aliphatic carbocycles. The number of likely N-dealkylation sites (N-methyl/N-ethyl adjacent to an activating group) is 1. The lowest BCUT2D eigenvalue weighted by Gasteiger charge is -2.37. The Kier molecular flexibility index (Phi) is 5.38. The Morgan fingerprint density at radius 3 is 2.54 bits per heavy atom. The number of nitrogens with zero attached hydrogens (tertiary/aromatic N) is 5. The molecule has 2 aliphatic rings. The van der Waals surface area contributed by atoms with E-state index in [1.165, 1.54) is 0 Å². The van der Waals surface area contributed by atoms with Crippen molar-refractivity contribution < 1.29 is 9.59 Å². The van der Waals surface area contributed by atoms with E-state index in [4.69, 9.17) is 4.98 Å². The van der Waals surface area contributed by atoms with E-state index in [2.05, 4.69) is 33.9 Å². The summed E-state index contributed by atoms with van der Waals surface area (Å²) >= 11 is 0. The topological polar surface area (TPSA) is 101 Å². The standard InChI is InChI=1S/C28H33N7O2/c1-6-35-23-15-22-21(14-19(23)28(4,5)27(35)37)29-25(30-22)24-18-13-17(7-8-20(18)31-32-24)26(36)34-11-9-33(10-12-34)16(2)3/h7-8,13-16H,6,9-12H2,1-5H3,(H,29,30)(H,31,32). The second kappa shape index (κ2) is 8.41. The van der Waals surface area contributed by atoms with Crippen molar-refractivity contribution in [2.45, 2.75) is 46.1 Å². The third-order valence-corrected chi connectivity index (χ3v) is 8.03. The second-order valence-electron chi connectivity index (χ2n) is 10.9. The zero-order valence-corrected chi connectivity index (χ0v) is 22.1. The molecule has 2 aromatic heterocycles. The van der Waals surface area contributed by atoms with Gasteiger partial charge in [-0.2, -0.15) is 5.10 Å². The predicted molar refractivity (Wildman–Crippen MR) is 145 cm³/mol. The van der Waals surface area contributed by atoms with Crippen molar-refractivity contribution in [1.82, 2.24) is 30.0 Å². The minimum atomic E-state index is -0.590. The number of hydrogen-bond donors (Lipinski definition) is 2. The molecule has 0 saturated carbocycles. The number of amides is 2. The van der Waals surface area contributed by atoms with Gasteiger partial charge in [0.25, 0.3) is 5.91 Å². The molecule has 2 aromatic carbocycles. The lowest BCUT2D eigenvalue weighted by Crippen LogP contribution is -2.50. The van der Waals surface area contributed by atoms with Gasteiger partial charge >= 0.3 is 0 Å². The molecule has 0 spiro atoms.